The number of benzene rings is 11. The summed E-state index contributed by atoms with van der Waals surface area (Å²) in [6.45, 7) is 0. The summed E-state index contributed by atoms with van der Waals surface area (Å²) in [7, 11) is 0. The first kappa shape index (κ1) is 34.5. The van der Waals surface area contributed by atoms with Crippen LogP contribution in [-0.2, 0) is 0 Å². The number of para-hydroxylation sites is 1. The van der Waals surface area contributed by atoms with Gasteiger partial charge in [0.2, 0.25) is 0 Å². The standard InChI is InChI=1S/C58H39N/c1-2-13-40(14-3-1)42-27-32-47(33-28-42)59(58-24-11-10-20-51(58)46-26-25-41-15-4-5-17-45(41)39-46)48-34-29-44(30-35-48)50-19-8-9-21-52(50)53-22-12-23-54-56-36-31-43-16-6-7-18-49(43)55(56)37-38-57(53)54/h1-39H. The molecule has 0 aliphatic carbocycles. The second kappa shape index (κ2) is 14.6. The van der Waals surface area contributed by atoms with Gasteiger partial charge in [-0.1, -0.05) is 200 Å². The summed E-state index contributed by atoms with van der Waals surface area (Å²) in [5.74, 6) is 0. The summed E-state index contributed by atoms with van der Waals surface area (Å²) in [6.07, 6.45) is 0. The highest BCUT2D eigenvalue weighted by Gasteiger charge is 2.19. The average molecular weight is 750 g/mol. The number of fused-ring (bicyclic) bond motifs is 6. The van der Waals surface area contributed by atoms with Crippen LogP contribution in [0.4, 0.5) is 17.1 Å². The quantitative estimate of drug-likeness (QED) is 0.147. The third-order valence-electron chi connectivity index (χ3n) is 11.9. The van der Waals surface area contributed by atoms with Crippen molar-refractivity contribution in [3.8, 4) is 44.5 Å². The Morgan fingerprint density at radius 1 is 0.220 bits per heavy atom. The Morgan fingerprint density at radius 3 is 1.51 bits per heavy atom. The molecule has 11 rings (SSSR count). The lowest BCUT2D eigenvalue weighted by Crippen LogP contribution is -2.11. The summed E-state index contributed by atoms with van der Waals surface area (Å²) in [5.41, 5.74) is 12.9. The fourth-order valence-corrected chi connectivity index (χ4v) is 8.98. The van der Waals surface area contributed by atoms with E-state index in [-0.39, 0.29) is 0 Å². The van der Waals surface area contributed by atoms with E-state index in [1.165, 1.54) is 87.6 Å². The maximum Gasteiger partial charge on any atom is 0.0540 e. The van der Waals surface area contributed by atoms with Crippen molar-refractivity contribution >= 4 is 60.2 Å². The van der Waals surface area contributed by atoms with Crippen LogP contribution in [0.1, 0.15) is 0 Å². The zero-order valence-electron chi connectivity index (χ0n) is 32.5. The zero-order valence-corrected chi connectivity index (χ0v) is 32.5. The number of nitrogens with zero attached hydrogens (tertiary/aromatic N) is 1. The van der Waals surface area contributed by atoms with Gasteiger partial charge in [-0.2, -0.15) is 0 Å². The van der Waals surface area contributed by atoms with Crippen molar-refractivity contribution in [1.82, 2.24) is 0 Å². The second-order valence-corrected chi connectivity index (χ2v) is 15.3. The van der Waals surface area contributed by atoms with Gasteiger partial charge in [-0.25, -0.2) is 0 Å². The van der Waals surface area contributed by atoms with Gasteiger partial charge in [0.05, 0.1) is 5.69 Å². The molecule has 59 heavy (non-hydrogen) atoms. The topological polar surface area (TPSA) is 3.24 Å². The lowest BCUT2D eigenvalue weighted by atomic mass is 9.89. The molecule has 11 aromatic rings. The summed E-state index contributed by atoms with van der Waals surface area (Å²) >= 11 is 0. The number of rotatable bonds is 7. The average Bonchev–Trinajstić information content (AvgIpc) is 3.32. The number of anilines is 3. The molecular formula is C58H39N. The van der Waals surface area contributed by atoms with Gasteiger partial charge in [0.25, 0.3) is 0 Å². The van der Waals surface area contributed by atoms with E-state index in [0.717, 1.165) is 17.1 Å². The molecule has 0 aliphatic heterocycles. The molecule has 0 N–H and O–H groups in total. The molecule has 1 heteroatoms. The predicted molar refractivity (Wildman–Crippen MR) is 253 cm³/mol. The van der Waals surface area contributed by atoms with E-state index in [9.17, 15) is 0 Å². The summed E-state index contributed by atoms with van der Waals surface area (Å²) in [4.78, 5) is 2.40. The Labute approximate surface area is 344 Å². The van der Waals surface area contributed by atoms with Crippen molar-refractivity contribution in [3.63, 3.8) is 0 Å². The van der Waals surface area contributed by atoms with Gasteiger partial charge in [-0.05, 0) is 118 Å². The fraction of sp³-hybridized carbons (Fsp3) is 0. The van der Waals surface area contributed by atoms with Crippen LogP contribution in [0.15, 0.2) is 237 Å². The first-order valence-electron chi connectivity index (χ1n) is 20.3. The lowest BCUT2D eigenvalue weighted by molar-refractivity contribution is 1.28. The Morgan fingerprint density at radius 2 is 0.712 bits per heavy atom. The first-order chi connectivity index (χ1) is 29.3. The molecule has 0 radical (unpaired) electrons. The molecule has 0 bridgehead atoms. The van der Waals surface area contributed by atoms with Crippen LogP contribution in [0.3, 0.4) is 0 Å². The predicted octanol–water partition coefficient (Wildman–Crippen LogP) is 16.4. The molecule has 0 saturated heterocycles. The van der Waals surface area contributed by atoms with Gasteiger partial charge in [-0.15, -0.1) is 0 Å². The van der Waals surface area contributed by atoms with E-state index in [4.69, 9.17) is 0 Å². The Kier molecular flexibility index (Phi) is 8.56. The van der Waals surface area contributed by atoms with Crippen molar-refractivity contribution in [3.05, 3.63) is 237 Å². The molecular weight excluding hydrogens is 711 g/mol. The van der Waals surface area contributed by atoms with Gasteiger partial charge in [0.15, 0.2) is 0 Å². The highest BCUT2D eigenvalue weighted by atomic mass is 15.1. The Hall–Kier alpha value is -7.74. The van der Waals surface area contributed by atoms with Crippen LogP contribution < -0.4 is 4.90 Å². The third-order valence-corrected chi connectivity index (χ3v) is 11.9. The molecule has 0 heterocycles. The lowest BCUT2D eigenvalue weighted by Gasteiger charge is -2.28. The highest BCUT2D eigenvalue weighted by Crippen LogP contribution is 2.44. The van der Waals surface area contributed by atoms with Crippen LogP contribution >= 0.6 is 0 Å². The van der Waals surface area contributed by atoms with Crippen molar-refractivity contribution in [1.29, 1.82) is 0 Å². The maximum atomic E-state index is 2.40. The zero-order chi connectivity index (χ0) is 39.1. The number of hydrogen-bond donors (Lipinski definition) is 0. The highest BCUT2D eigenvalue weighted by molar-refractivity contribution is 6.19. The van der Waals surface area contributed by atoms with E-state index < -0.39 is 0 Å². The number of hydrogen-bond acceptors (Lipinski definition) is 1. The van der Waals surface area contributed by atoms with E-state index in [1.807, 2.05) is 0 Å². The third kappa shape index (κ3) is 6.21. The summed E-state index contributed by atoms with van der Waals surface area (Å²) in [5, 5.41) is 10.1. The summed E-state index contributed by atoms with van der Waals surface area (Å²) in [6, 6.07) is 86.2. The monoisotopic (exact) mass is 749 g/mol. The van der Waals surface area contributed by atoms with Crippen molar-refractivity contribution < 1.29 is 0 Å². The Balaban J connectivity index is 1.02. The van der Waals surface area contributed by atoms with Crippen LogP contribution in [0, 0.1) is 0 Å². The van der Waals surface area contributed by atoms with Gasteiger partial charge < -0.3 is 4.90 Å². The van der Waals surface area contributed by atoms with E-state index >= 15 is 0 Å². The van der Waals surface area contributed by atoms with Gasteiger partial charge >= 0.3 is 0 Å². The van der Waals surface area contributed by atoms with Crippen LogP contribution in [0.5, 0.6) is 0 Å². The Bertz CT molecular complexity index is 3310. The van der Waals surface area contributed by atoms with Crippen molar-refractivity contribution in [2.45, 2.75) is 0 Å². The van der Waals surface area contributed by atoms with E-state index in [2.05, 4.69) is 241 Å². The molecule has 0 amide bonds. The van der Waals surface area contributed by atoms with Crippen LogP contribution in [-0.4, -0.2) is 0 Å². The molecule has 276 valence electrons. The van der Waals surface area contributed by atoms with Crippen LogP contribution in [0.25, 0.3) is 87.6 Å². The van der Waals surface area contributed by atoms with Crippen molar-refractivity contribution in [2.75, 3.05) is 4.90 Å². The molecule has 0 unspecified atom stereocenters. The minimum absolute atomic E-state index is 1.09. The largest absolute Gasteiger partial charge is 0.310 e. The van der Waals surface area contributed by atoms with Crippen LogP contribution in [0.2, 0.25) is 0 Å². The van der Waals surface area contributed by atoms with Gasteiger partial charge in [-0.3, -0.25) is 0 Å². The minimum atomic E-state index is 1.09. The van der Waals surface area contributed by atoms with Gasteiger partial charge in [0.1, 0.15) is 0 Å². The molecule has 0 atom stereocenters. The fourth-order valence-electron chi connectivity index (χ4n) is 8.98. The van der Waals surface area contributed by atoms with E-state index in [0.29, 0.717) is 0 Å². The normalized spacial score (nSPS) is 11.4. The SMILES string of the molecule is c1ccc(-c2ccc(N(c3ccc(-c4ccccc4-c4cccc5c4ccc4c6ccccc6ccc54)cc3)c3ccccc3-c3ccc4ccccc4c3)cc2)cc1. The molecule has 0 saturated carbocycles. The van der Waals surface area contributed by atoms with E-state index in [1.54, 1.807) is 0 Å². The molecule has 0 aliphatic rings. The molecule has 11 aromatic carbocycles. The minimum Gasteiger partial charge on any atom is -0.310 e. The molecule has 0 spiro atoms. The molecule has 1 nitrogen and oxygen atoms in total. The van der Waals surface area contributed by atoms with Gasteiger partial charge in [0, 0.05) is 16.9 Å². The van der Waals surface area contributed by atoms with Crippen molar-refractivity contribution in [2.24, 2.45) is 0 Å². The maximum absolute atomic E-state index is 2.40. The second-order valence-electron chi connectivity index (χ2n) is 15.3. The first-order valence-corrected chi connectivity index (χ1v) is 20.3. The molecule has 0 aromatic heterocycles. The smallest absolute Gasteiger partial charge is 0.0540 e. The summed E-state index contributed by atoms with van der Waals surface area (Å²) < 4.78 is 0. The molecule has 0 fully saturated rings.